The van der Waals surface area contributed by atoms with E-state index in [4.69, 9.17) is 13.9 Å². The fraction of sp³-hybridized carbons (Fsp3) is 0.143. The summed E-state index contributed by atoms with van der Waals surface area (Å²) in [6, 6.07) is 15.8. The van der Waals surface area contributed by atoms with Gasteiger partial charge in [-0.25, -0.2) is 5.01 Å². The number of thioether (sulfide) groups is 1. The third kappa shape index (κ3) is 3.54. The molecule has 8 heteroatoms. The zero-order valence-corrected chi connectivity index (χ0v) is 16.6. The minimum atomic E-state index is -0.544. The molecule has 0 spiro atoms. The number of hydrazine groups is 1. The molecule has 2 aromatic carbocycles. The summed E-state index contributed by atoms with van der Waals surface area (Å²) in [5.41, 5.74) is 3.92. The molecule has 29 heavy (non-hydrogen) atoms. The first kappa shape index (κ1) is 18.9. The molecule has 0 saturated carbocycles. The number of hydrogen-bond acceptors (Lipinski definition) is 6. The third-order valence-corrected chi connectivity index (χ3v) is 5.78. The van der Waals surface area contributed by atoms with Gasteiger partial charge in [0.2, 0.25) is 0 Å². The Morgan fingerprint density at radius 3 is 2.66 bits per heavy atom. The molecule has 0 aliphatic carbocycles. The van der Waals surface area contributed by atoms with E-state index in [1.807, 2.05) is 18.2 Å². The summed E-state index contributed by atoms with van der Waals surface area (Å²) in [7, 11) is 3.12. The van der Waals surface area contributed by atoms with Crippen molar-refractivity contribution in [2.75, 3.05) is 14.2 Å². The predicted molar refractivity (Wildman–Crippen MR) is 107 cm³/mol. The number of carbonyl (C=O) groups excluding carboxylic acids is 2. The second-order valence-corrected chi connectivity index (χ2v) is 7.29. The van der Waals surface area contributed by atoms with Gasteiger partial charge in [0.05, 0.1) is 26.0 Å². The lowest BCUT2D eigenvalue weighted by Gasteiger charge is -2.36. The van der Waals surface area contributed by atoms with Gasteiger partial charge in [0.25, 0.3) is 5.91 Å². The Morgan fingerprint density at radius 1 is 1.10 bits per heavy atom. The molecule has 1 aromatic heterocycles. The first-order valence-corrected chi connectivity index (χ1v) is 9.66. The maximum absolute atomic E-state index is 13.2. The summed E-state index contributed by atoms with van der Waals surface area (Å²) in [5.74, 6) is 0.459. The Bertz CT molecular complexity index is 1050. The molecule has 2 heterocycles. The number of ether oxygens (including phenoxy) is 2. The molecule has 0 saturated heterocycles. The lowest BCUT2D eigenvalue weighted by molar-refractivity contribution is 0.0535. The van der Waals surface area contributed by atoms with Crippen molar-refractivity contribution < 1.29 is 23.5 Å². The van der Waals surface area contributed by atoms with Gasteiger partial charge >= 0.3 is 5.91 Å². The van der Waals surface area contributed by atoms with Crippen LogP contribution in [-0.2, 0) is 0 Å². The quantitative estimate of drug-likeness (QED) is 0.687. The lowest BCUT2D eigenvalue weighted by atomic mass is 10.1. The monoisotopic (exact) mass is 410 g/mol. The van der Waals surface area contributed by atoms with E-state index in [-0.39, 0.29) is 11.7 Å². The predicted octanol–water partition coefficient (Wildman–Crippen LogP) is 3.89. The summed E-state index contributed by atoms with van der Waals surface area (Å²) in [6.07, 6.45) is 1.40. The van der Waals surface area contributed by atoms with E-state index >= 15 is 0 Å². The highest BCUT2D eigenvalue weighted by Gasteiger charge is 2.37. The Morgan fingerprint density at radius 2 is 1.93 bits per heavy atom. The van der Waals surface area contributed by atoms with Gasteiger partial charge in [-0.1, -0.05) is 23.9 Å². The van der Waals surface area contributed by atoms with Crippen molar-refractivity contribution >= 4 is 23.6 Å². The molecule has 1 N–H and O–H groups in total. The summed E-state index contributed by atoms with van der Waals surface area (Å²) in [5, 5.41) is 0.763. The van der Waals surface area contributed by atoms with E-state index in [0.29, 0.717) is 17.1 Å². The molecule has 148 valence electrons. The summed E-state index contributed by atoms with van der Waals surface area (Å²) in [6.45, 7) is 0. The molecule has 1 unspecified atom stereocenters. The third-order valence-electron chi connectivity index (χ3n) is 4.48. The Kier molecular flexibility index (Phi) is 5.18. The summed E-state index contributed by atoms with van der Waals surface area (Å²) >= 11 is 1.44. The van der Waals surface area contributed by atoms with E-state index in [2.05, 4.69) is 5.43 Å². The van der Waals surface area contributed by atoms with E-state index in [1.165, 1.54) is 29.1 Å². The number of benzene rings is 2. The van der Waals surface area contributed by atoms with Crippen LogP contribution in [-0.4, -0.2) is 31.0 Å². The minimum absolute atomic E-state index is 0.113. The standard InChI is InChI=1S/C21H18N2O5S/c1-26-13-9-10-14(17(12-13)27-2)21-23(22-19(24)16-7-5-11-28-16)20(25)15-6-3-4-8-18(15)29-21/h3-12,21H,1-2H3,(H,22,24). The van der Waals surface area contributed by atoms with Gasteiger partial charge in [-0.3, -0.25) is 15.0 Å². The highest BCUT2D eigenvalue weighted by atomic mass is 32.2. The topological polar surface area (TPSA) is 81.0 Å². The van der Waals surface area contributed by atoms with Crippen LogP contribution in [0, 0.1) is 0 Å². The maximum atomic E-state index is 13.2. The van der Waals surface area contributed by atoms with Crippen molar-refractivity contribution in [2.45, 2.75) is 10.3 Å². The number of methoxy groups -OCH3 is 2. The Balaban J connectivity index is 1.77. The van der Waals surface area contributed by atoms with Crippen LogP contribution >= 0.6 is 11.8 Å². The number of nitrogens with one attached hydrogen (secondary N) is 1. The molecule has 0 radical (unpaired) electrons. The van der Waals surface area contributed by atoms with Crippen molar-refractivity contribution in [2.24, 2.45) is 0 Å². The van der Waals surface area contributed by atoms with Crippen LogP contribution in [0.1, 0.15) is 31.9 Å². The molecule has 0 bridgehead atoms. The van der Waals surface area contributed by atoms with E-state index in [9.17, 15) is 9.59 Å². The zero-order valence-electron chi connectivity index (χ0n) is 15.7. The van der Waals surface area contributed by atoms with Gasteiger partial charge in [0, 0.05) is 16.5 Å². The van der Waals surface area contributed by atoms with Crippen LogP contribution < -0.4 is 14.9 Å². The largest absolute Gasteiger partial charge is 0.497 e. The van der Waals surface area contributed by atoms with Gasteiger partial charge in [-0.05, 0) is 36.4 Å². The van der Waals surface area contributed by atoms with Gasteiger partial charge in [-0.2, -0.15) is 0 Å². The normalized spacial score (nSPS) is 15.6. The van der Waals surface area contributed by atoms with Gasteiger partial charge in [-0.15, -0.1) is 0 Å². The first-order valence-electron chi connectivity index (χ1n) is 8.78. The van der Waals surface area contributed by atoms with Crippen molar-refractivity contribution in [1.82, 2.24) is 10.4 Å². The van der Waals surface area contributed by atoms with Crippen LogP contribution in [0.3, 0.4) is 0 Å². The van der Waals surface area contributed by atoms with E-state index < -0.39 is 11.3 Å². The fourth-order valence-corrected chi connectivity index (χ4v) is 4.32. The molecule has 1 aliphatic rings. The molecular formula is C21H18N2O5S. The average molecular weight is 410 g/mol. The maximum Gasteiger partial charge on any atom is 0.305 e. The molecule has 4 rings (SSSR count). The van der Waals surface area contributed by atoms with E-state index in [1.54, 1.807) is 44.6 Å². The Hall–Kier alpha value is -3.39. The van der Waals surface area contributed by atoms with Crippen molar-refractivity contribution in [3.05, 3.63) is 77.7 Å². The molecule has 1 atom stereocenters. The van der Waals surface area contributed by atoms with Gasteiger partial charge in [0.1, 0.15) is 16.9 Å². The number of nitrogens with zero attached hydrogens (tertiary/aromatic N) is 1. The van der Waals surface area contributed by atoms with Crippen molar-refractivity contribution in [3.63, 3.8) is 0 Å². The molecule has 3 aromatic rings. The number of furan rings is 1. The van der Waals surface area contributed by atoms with Gasteiger partial charge in [0.15, 0.2) is 5.76 Å². The molecule has 1 aliphatic heterocycles. The summed E-state index contributed by atoms with van der Waals surface area (Å²) in [4.78, 5) is 26.7. The number of hydrogen-bond donors (Lipinski definition) is 1. The second-order valence-electron chi connectivity index (χ2n) is 6.17. The first-order chi connectivity index (χ1) is 14.1. The zero-order chi connectivity index (χ0) is 20.4. The van der Waals surface area contributed by atoms with Crippen LogP contribution in [0.25, 0.3) is 0 Å². The van der Waals surface area contributed by atoms with Crippen LogP contribution in [0.15, 0.2) is 70.2 Å². The molecular weight excluding hydrogens is 392 g/mol. The highest BCUT2D eigenvalue weighted by Crippen LogP contribution is 2.47. The second kappa shape index (κ2) is 7.92. The van der Waals surface area contributed by atoms with Crippen LogP contribution in [0.4, 0.5) is 0 Å². The van der Waals surface area contributed by atoms with Crippen molar-refractivity contribution in [3.8, 4) is 11.5 Å². The Labute approximate surface area is 171 Å². The lowest BCUT2D eigenvalue weighted by Crippen LogP contribution is -2.49. The van der Waals surface area contributed by atoms with Crippen LogP contribution in [0.5, 0.6) is 11.5 Å². The fourth-order valence-electron chi connectivity index (χ4n) is 3.06. The molecule has 2 amide bonds. The number of carbonyl (C=O) groups is 2. The average Bonchev–Trinajstić information content (AvgIpc) is 3.30. The number of fused-ring (bicyclic) bond motifs is 1. The van der Waals surface area contributed by atoms with Gasteiger partial charge < -0.3 is 13.9 Å². The molecule has 7 nitrogen and oxygen atoms in total. The summed E-state index contributed by atoms with van der Waals surface area (Å²) < 4.78 is 16.0. The number of amides is 2. The van der Waals surface area contributed by atoms with Crippen LogP contribution in [0.2, 0.25) is 0 Å². The smallest absolute Gasteiger partial charge is 0.305 e. The SMILES string of the molecule is COc1ccc(C2Sc3ccccc3C(=O)N2NC(=O)c2ccco2)c(OC)c1. The molecule has 0 fully saturated rings. The minimum Gasteiger partial charge on any atom is -0.497 e. The highest BCUT2D eigenvalue weighted by molar-refractivity contribution is 7.99. The number of rotatable bonds is 5. The van der Waals surface area contributed by atoms with Crippen molar-refractivity contribution in [1.29, 1.82) is 0 Å². The van der Waals surface area contributed by atoms with E-state index in [0.717, 1.165) is 10.5 Å².